The summed E-state index contributed by atoms with van der Waals surface area (Å²) in [4.78, 5) is 17.5. The number of rotatable bonds is 4. The van der Waals surface area contributed by atoms with E-state index in [1.54, 1.807) is 17.3 Å². The molecule has 0 saturated heterocycles. The lowest BCUT2D eigenvalue weighted by molar-refractivity contribution is 0.193. The average molecular weight is 220 g/mol. The van der Waals surface area contributed by atoms with Crippen molar-refractivity contribution < 1.29 is 4.79 Å². The first-order valence-corrected chi connectivity index (χ1v) is 5.29. The van der Waals surface area contributed by atoms with E-state index in [1.165, 1.54) is 10.9 Å². The van der Waals surface area contributed by atoms with E-state index in [0.717, 1.165) is 0 Å². The molecule has 16 heavy (non-hydrogen) atoms. The molecule has 1 rings (SSSR count). The van der Waals surface area contributed by atoms with Gasteiger partial charge in [-0.15, -0.1) is 0 Å². The summed E-state index contributed by atoms with van der Waals surface area (Å²) in [5.41, 5.74) is 0. The van der Waals surface area contributed by atoms with Crippen molar-refractivity contribution in [3.8, 4) is 6.07 Å². The number of hydrogen-bond acceptors (Lipinski definition) is 3. The molecule has 0 bridgehead atoms. The molecule has 0 unspecified atom stereocenters. The fourth-order valence-electron chi connectivity index (χ4n) is 1.43. The van der Waals surface area contributed by atoms with Crippen molar-refractivity contribution in [2.24, 2.45) is 5.92 Å². The molecule has 1 aromatic heterocycles. The Morgan fingerprint density at radius 2 is 2.38 bits per heavy atom. The van der Waals surface area contributed by atoms with E-state index in [0.29, 0.717) is 25.4 Å². The van der Waals surface area contributed by atoms with Crippen molar-refractivity contribution in [2.45, 2.75) is 20.3 Å². The van der Waals surface area contributed by atoms with Crippen LogP contribution < -0.4 is 0 Å². The van der Waals surface area contributed by atoms with Crippen molar-refractivity contribution in [1.82, 2.24) is 14.5 Å². The summed E-state index contributed by atoms with van der Waals surface area (Å²) < 4.78 is 1.43. The van der Waals surface area contributed by atoms with Gasteiger partial charge in [-0.25, -0.2) is 9.78 Å². The van der Waals surface area contributed by atoms with Crippen LogP contribution in [0.2, 0.25) is 0 Å². The number of imidazole rings is 1. The maximum absolute atomic E-state index is 12.0. The minimum atomic E-state index is -0.124. The molecule has 0 aliphatic rings. The highest BCUT2D eigenvalue weighted by Gasteiger charge is 2.15. The Kier molecular flexibility index (Phi) is 4.52. The molecular formula is C11H16N4O. The molecule has 0 aliphatic heterocycles. The summed E-state index contributed by atoms with van der Waals surface area (Å²) in [7, 11) is 0. The minimum Gasteiger partial charge on any atom is -0.323 e. The third kappa shape index (κ3) is 3.39. The van der Waals surface area contributed by atoms with Crippen molar-refractivity contribution in [3.63, 3.8) is 0 Å². The molecule has 0 aliphatic carbocycles. The Morgan fingerprint density at radius 1 is 1.62 bits per heavy atom. The summed E-state index contributed by atoms with van der Waals surface area (Å²) in [5.74, 6) is 0.381. The minimum absolute atomic E-state index is 0.124. The molecule has 0 radical (unpaired) electrons. The smallest absolute Gasteiger partial charge is 0.323 e. The number of hydrogen-bond donors (Lipinski definition) is 0. The van der Waals surface area contributed by atoms with Crippen LogP contribution in [0, 0.1) is 17.2 Å². The zero-order chi connectivity index (χ0) is 12.0. The molecule has 0 fully saturated rings. The molecule has 0 N–H and O–H groups in total. The zero-order valence-electron chi connectivity index (χ0n) is 9.63. The predicted octanol–water partition coefficient (Wildman–Crippen LogP) is 1.72. The normalized spacial score (nSPS) is 10.1. The van der Waals surface area contributed by atoms with E-state index in [2.05, 4.69) is 11.1 Å². The number of amides is 1. The largest absolute Gasteiger partial charge is 0.329 e. The van der Waals surface area contributed by atoms with Crippen LogP contribution in [0.1, 0.15) is 20.3 Å². The maximum Gasteiger partial charge on any atom is 0.329 e. The molecule has 1 amide bonds. The van der Waals surface area contributed by atoms with E-state index >= 15 is 0 Å². The highest BCUT2D eigenvalue weighted by Crippen LogP contribution is 2.03. The number of carbonyl (C=O) groups excluding carboxylic acids is 1. The molecule has 0 saturated carbocycles. The average Bonchev–Trinajstić information content (AvgIpc) is 2.76. The first kappa shape index (κ1) is 12.2. The van der Waals surface area contributed by atoms with Crippen molar-refractivity contribution in [2.75, 3.05) is 13.1 Å². The summed E-state index contributed by atoms with van der Waals surface area (Å²) in [6.07, 6.45) is 5.01. The van der Waals surface area contributed by atoms with Crippen molar-refractivity contribution >= 4 is 6.03 Å². The SMILES string of the molecule is CC(C)CN(CCC#N)C(=O)n1ccnc1. The van der Waals surface area contributed by atoms with E-state index < -0.39 is 0 Å². The summed E-state index contributed by atoms with van der Waals surface area (Å²) in [6, 6.07) is 1.93. The fraction of sp³-hybridized carbons (Fsp3) is 0.545. The van der Waals surface area contributed by atoms with Crippen LogP contribution in [-0.2, 0) is 0 Å². The molecule has 0 aromatic carbocycles. The van der Waals surface area contributed by atoms with E-state index in [-0.39, 0.29) is 6.03 Å². The Hall–Kier alpha value is -1.83. The van der Waals surface area contributed by atoms with Crippen LogP contribution in [0.15, 0.2) is 18.7 Å². The van der Waals surface area contributed by atoms with Crippen LogP contribution in [-0.4, -0.2) is 33.6 Å². The Bertz CT molecular complexity index is 364. The summed E-state index contributed by atoms with van der Waals surface area (Å²) in [5, 5.41) is 8.55. The molecule has 86 valence electrons. The third-order valence-electron chi connectivity index (χ3n) is 2.07. The van der Waals surface area contributed by atoms with Gasteiger partial charge in [0.1, 0.15) is 6.33 Å². The summed E-state index contributed by atoms with van der Waals surface area (Å²) >= 11 is 0. The molecule has 5 heteroatoms. The molecule has 0 spiro atoms. The number of aromatic nitrogens is 2. The van der Waals surface area contributed by atoms with E-state index in [9.17, 15) is 4.79 Å². The molecule has 1 heterocycles. The van der Waals surface area contributed by atoms with Gasteiger partial charge in [0.05, 0.1) is 12.5 Å². The van der Waals surface area contributed by atoms with Gasteiger partial charge < -0.3 is 4.90 Å². The second kappa shape index (κ2) is 5.91. The number of nitriles is 1. The van der Waals surface area contributed by atoms with Crippen LogP contribution in [0.4, 0.5) is 4.79 Å². The molecule has 0 atom stereocenters. The van der Waals surface area contributed by atoms with Crippen LogP contribution in [0.25, 0.3) is 0 Å². The molecule has 1 aromatic rings. The fourth-order valence-corrected chi connectivity index (χ4v) is 1.43. The van der Waals surface area contributed by atoms with Gasteiger partial charge in [0.25, 0.3) is 0 Å². The van der Waals surface area contributed by atoms with E-state index in [4.69, 9.17) is 5.26 Å². The Balaban J connectivity index is 2.68. The van der Waals surface area contributed by atoms with Crippen LogP contribution >= 0.6 is 0 Å². The highest BCUT2D eigenvalue weighted by atomic mass is 16.2. The topological polar surface area (TPSA) is 61.9 Å². The number of carbonyl (C=O) groups is 1. The third-order valence-corrected chi connectivity index (χ3v) is 2.07. The van der Waals surface area contributed by atoms with Crippen LogP contribution in [0.5, 0.6) is 0 Å². The first-order valence-electron chi connectivity index (χ1n) is 5.29. The second-order valence-electron chi connectivity index (χ2n) is 4.00. The van der Waals surface area contributed by atoms with Crippen molar-refractivity contribution in [1.29, 1.82) is 5.26 Å². The van der Waals surface area contributed by atoms with Gasteiger partial charge in [-0.2, -0.15) is 5.26 Å². The van der Waals surface area contributed by atoms with Crippen molar-refractivity contribution in [3.05, 3.63) is 18.7 Å². The van der Waals surface area contributed by atoms with Gasteiger partial charge in [0.15, 0.2) is 0 Å². The quantitative estimate of drug-likeness (QED) is 0.776. The predicted molar refractivity (Wildman–Crippen MR) is 59.7 cm³/mol. The Labute approximate surface area is 95.3 Å². The van der Waals surface area contributed by atoms with Gasteiger partial charge in [-0.3, -0.25) is 4.57 Å². The lowest BCUT2D eigenvalue weighted by Crippen LogP contribution is -2.37. The van der Waals surface area contributed by atoms with E-state index in [1.807, 2.05) is 13.8 Å². The number of nitrogens with zero attached hydrogens (tertiary/aromatic N) is 4. The van der Waals surface area contributed by atoms with Gasteiger partial charge in [-0.1, -0.05) is 13.8 Å². The first-order chi connectivity index (χ1) is 7.65. The highest BCUT2D eigenvalue weighted by molar-refractivity contribution is 5.76. The Morgan fingerprint density at radius 3 is 2.88 bits per heavy atom. The van der Waals surface area contributed by atoms with Gasteiger partial charge in [-0.05, 0) is 5.92 Å². The molecular weight excluding hydrogens is 204 g/mol. The zero-order valence-corrected chi connectivity index (χ0v) is 9.63. The maximum atomic E-state index is 12.0. The second-order valence-corrected chi connectivity index (χ2v) is 4.00. The summed E-state index contributed by atoms with van der Waals surface area (Å²) in [6.45, 7) is 5.20. The standard InChI is InChI=1S/C11H16N4O/c1-10(2)8-14(6-3-4-12)11(16)15-7-5-13-9-15/h5,7,9-10H,3,6,8H2,1-2H3. The lowest BCUT2D eigenvalue weighted by atomic mass is 10.2. The van der Waals surface area contributed by atoms with Gasteiger partial charge in [0.2, 0.25) is 0 Å². The van der Waals surface area contributed by atoms with Crippen LogP contribution in [0.3, 0.4) is 0 Å². The van der Waals surface area contributed by atoms with Gasteiger partial charge >= 0.3 is 6.03 Å². The monoisotopic (exact) mass is 220 g/mol. The lowest BCUT2D eigenvalue weighted by Gasteiger charge is -2.23. The molecule has 5 nitrogen and oxygen atoms in total. The van der Waals surface area contributed by atoms with Gasteiger partial charge in [0, 0.05) is 25.5 Å².